The Bertz CT molecular complexity index is 377. The molecule has 2 aliphatic rings. The number of ether oxygens (including phenoxy) is 2. The van der Waals surface area contributed by atoms with E-state index < -0.39 is 0 Å². The Hall–Kier alpha value is -1.09. The van der Waals surface area contributed by atoms with Crippen LogP contribution in [-0.2, 0) is 0 Å². The second-order valence-electron chi connectivity index (χ2n) is 3.60. The van der Waals surface area contributed by atoms with Crippen molar-refractivity contribution in [2.45, 2.75) is 18.9 Å². The van der Waals surface area contributed by atoms with Crippen LogP contribution in [0.1, 0.15) is 12.8 Å². The molecular formula is C10H10ClNO2. The van der Waals surface area contributed by atoms with E-state index in [-0.39, 0.29) is 0 Å². The Labute approximate surface area is 87.0 Å². The molecule has 0 radical (unpaired) electrons. The Morgan fingerprint density at radius 2 is 1.93 bits per heavy atom. The van der Waals surface area contributed by atoms with Gasteiger partial charge >= 0.3 is 0 Å². The Morgan fingerprint density at radius 1 is 1.21 bits per heavy atom. The summed E-state index contributed by atoms with van der Waals surface area (Å²) in [5.74, 6) is 1.51. The van der Waals surface area contributed by atoms with Crippen LogP contribution in [0.3, 0.4) is 0 Å². The lowest BCUT2D eigenvalue weighted by molar-refractivity contribution is 0.174. The first-order valence-corrected chi connectivity index (χ1v) is 5.06. The van der Waals surface area contributed by atoms with Gasteiger partial charge in [-0.25, -0.2) is 0 Å². The van der Waals surface area contributed by atoms with E-state index in [1.807, 2.05) is 6.07 Å². The van der Waals surface area contributed by atoms with Gasteiger partial charge in [0.1, 0.15) is 0 Å². The van der Waals surface area contributed by atoms with Crippen molar-refractivity contribution in [2.24, 2.45) is 0 Å². The standard InChI is InChI=1S/C10H10ClNO2/c11-7-3-9-10(14-5-13-9)4-8(7)12-6-1-2-6/h3-4,6,12H,1-2,5H2. The maximum Gasteiger partial charge on any atom is 0.231 e. The summed E-state index contributed by atoms with van der Waals surface area (Å²) >= 11 is 6.08. The molecule has 1 aliphatic heterocycles. The lowest BCUT2D eigenvalue weighted by Crippen LogP contribution is -2.01. The first-order valence-electron chi connectivity index (χ1n) is 4.68. The van der Waals surface area contributed by atoms with E-state index >= 15 is 0 Å². The lowest BCUT2D eigenvalue weighted by Gasteiger charge is -2.07. The summed E-state index contributed by atoms with van der Waals surface area (Å²) in [6, 6.07) is 4.30. The van der Waals surface area contributed by atoms with Crippen molar-refractivity contribution in [3.8, 4) is 11.5 Å². The van der Waals surface area contributed by atoms with Gasteiger partial charge in [-0.15, -0.1) is 0 Å². The quantitative estimate of drug-likeness (QED) is 0.816. The van der Waals surface area contributed by atoms with Crippen LogP contribution in [0.5, 0.6) is 11.5 Å². The zero-order valence-corrected chi connectivity index (χ0v) is 8.30. The monoisotopic (exact) mass is 211 g/mol. The van der Waals surface area contributed by atoms with E-state index in [2.05, 4.69) is 5.32 Å². The Morgan fingerprint density at radius 3 is 2.64 bits per heavy atom. The molecule has 0 amide bonds. The molecule has 3 rings (SSSR count). The smallest absolute Gasteiger partial charge is 0.231 e. The molecule has 1 N–H and O–H groups in total. The summed E-state index contributed by atoms with van der Waals surface area (Å²) in [6.07, 6.45) is 2.45. The molecule has 0 spiro atoms. The predicted octanol–water partition coefficient (Wildman–Crippen LogP) is 2.64. The van der Waals surface area contributed by atoms with Crippen LogP contribution in [0, 0.1) is 0 Å². The number of anilines is 1. The number of halogens is 1. The van der Waals surface area contributed by atoms with Gasteiger partial charge in [0.05, 0.1) is 10.7 Å². The molecule has 1 fully saturated rings. The van der Waals surface area contributed by atoms with Crippen LogP contribution < -0.4 is 14.8 Å². The highest BCUT2D eigenvalue weighted by Gasteiger charge is 2.23. The van der Waals surface area contributed by atoms with Gasteiger partial charge in [0.25, 0.3) is 0 Å². The van der Waals surface area contributed by atoms with E-state index in [1.165, 1.54) is 12.8 Å². The molecule has 0 aromatic heterocycles. The summed E-state index contributed by atoms with van der Waals surface area (Å²) in [4.78, 5) is 0. The fourth-order valence-electron chi connectivity index (χ4n) is 1.48. The molecule has 0 unspecified atom stereocenters. The highest BCUT2D eigenvalue weighted by molar-refractivity contribution is 6.33. The normalized spacial score (nSPS) is 18.4. The highest BCUT2D eigenvalue weighted by Crippen LogP contribution is 2.40. The van der Waals surface area contributed by atoms with Crippen LogP contribution >= 0.6 is 11.6 Å². The third kappa shape index (κ3) is 1.38. The van der Waals surface area contributed by atoms with Crippen molar-refractivity contribution in [2.75, 3.05) is 12.1 Å². The number of hydrogen-bond acceptors (Lipinski definition) is 3. The van der Waals surface area contributed by atoms with Crippen molar-refractivity contribution in [1.29, 1.82) is 0 Å². The highest BCUT2D eigenvalue weighted by atomic mass is 35.5. The van der Waals surface area contributed by atoms with Gasteiger partial charge in [-0.2, -0.15) is 0 Å². The molecule has 0 atom stereocenters. The van der Waals surface area contributed by atoms with Crippen molar-refractivity contribution < 1.29 is 9.47 Å². The molecule has 1 aliphatic carbocycles. The molecule has 1 aromatic rings. The molecule has 74 valence electrons. The number of nitrogens with one attached hydrogen (secondary N) is 1. The zero-order chi connectivity index (χ0) is 9.54. The van der Waals surface area contributed by atoms with Crippen LogP contribution in [0.25, 0.3) is 0 Å². The number of hydrogen-bond donors (Lipinski definition) is 1. The Balaban J connectivity index is 1.94. The number of benzene rings is 1. The summed E-state index contributed by atoms with van der Waals surface area (Å²) in [5.41, 5.74) is 0.943. The van der Waals surface area contributed by atoms with Crippen LogP contribution in [0.15, 0.2) is 12.1 Å². The molecule has 1 heterocycles. The number of rotatable bonds is 2. The molecule has 0 saturated heterocycles. The van der Waals surface area contributed by atoms with Crippen molar-refractivity contribution >= 4 is 17.3 Å². The fourth-order valence-corrected chi connectivity index (χ4v) is 1.68. The van der Waals surface area contributed by atoms with E-state index in [0.717, 1.165) is 17.2 Å². The maximum atomic E-state index is 6.08. The first kappa shape index (κ1) is 8.24. The minimum Gasteiger partial charge on any atom is -0.454 e. The van der Waals surface area contributed by atoms with Crippen LogP contribution in [-0.4, -0.2) is 12.8 Å². The predicted molar refractivity (Wildman–Crippen MR) is 54.2 cm³/mol. The fraction of sp³-hybridized carbons (Fsp3) is 0.400. The topological polar surface area (TPSA) is 30.5 Å². The van der Waals surface area contributed by atoms with E-state index in [0.29, 0.717) is 17.9 Å². The molecule has 3 nitrogen and oxygen atoms in total. The molecule has 0 bridgehead atoms. The largest absolute Gasteiger partial charge is 0.454 e. The molecule has 1 aromatic carbocycles. The average Bonchev–Trinajstić information content (AvgIpc) is 2.85. The zero-order valence-electron chi connectivity index (χ0n) is 7.55. The average molecular weight is 212 g/mol. The Kier molecular flexibility index (Phi) is 1.74. The lowest BCUT2D eigenvalue weighted by atomic mass is 10.2. The third-order valence-corrected chi connectivity index (χ3v) is 2.71. The van der Waals surface area contributed by atoms with Crippen molar-refractivity contribution in [1.82, 2.24) is 0 Å². The van der Waals surface area contributed by atoms with E-state index in [1.54, 1.807) is 6.07 Å². The summed E-state index contributed by atoms with van der Waals surface area (Å²) in [5, 5.41) is 4.04. The summed E-state index contributed by atoms with van der Waals surface area (Å²) < 4.78 is 10.5. The summed E-state index contributed by atoms with van der Waals surface area (Å²) in [7, 11) is 0. The van der Waals surface area contributed by atoms with Gasteiger partial charge in [-0.05, 0) is 12.8 Å². The second kappa shape index (κ2) is 2.95. The van der Waals surface area contributed by atoms with Crippen LogP contribution in [0.4, 0.5) is 5.69 Å². The minimum absolute atomic E-state index is 0.290. The second-order valence-corrected chi connectivity index (χ2v) is 4.01. The van der Waals surface area contributed by atoms with Gasteiger partial charge in [0, 0.05) is 18.2 Å². The first-order chi connectivity index (χ1) is 6.83. The van der Waals surface area contributed by atoms with Gasteiger partial charge in [0.15, 0.2) is 11.5 Å². The molecule has 4 heteroatoms. The molecular weight excluding hydrogens is 202 g/mol. The van der Waals surface area contributed by atoms with Gasteiger partial charge in [-0.3, -0.25) is 0 Å². The third-order valence-electron chi connectivity index (χ3n) is 2.40. The van der Waals surface area contributed by atoms with Gasteiger partial charge < -0.3 is 14.8 Å². The van der Waals surface area contributed by atoms with Gasteiger partial charge in [0.2, 0.25) is 6.79 Å². The summed E-state index contributed by atoms with van der Waals surface area (Å²) in [6.45, 7) is 0.290. The van der Waals surface area contributed by atoms with E-state index in [4.69, 9.17) is 21.1 Å². The van der Waals surface area contributed by atoms with Crippen molar-refractivity contribution in [3.05, 3.63) is 17.2 Å². The number of fused-ring (bicyclic) bond motifs is 1. The van der Waals surface area contributed by atoms with Crippen molar-refractivity contribution in [3.63, 3.8) is 0 Å². The molecule has 1 saturated carbocycles. The van der Waals surface area contributed by atoms with Gasteiger partial charge in [-0.1, -0.05) is 11.6 Å². The molecule has 14 heavy (non-hydrogen) atoms. The maximum absolute atomic E-state index is 6.08. The van der Waals surface area contributed by atoms with Crippen LogP contribution in [0.2, 0.25) is 5.02 Å². The SMILES string of the molecule is Clc1cc2c(cc1NC1CC1)OCO2. The minimum atomic E-state index is 0.290. The van der Waals surface area contributed by atoms with E-state index in [9.17, 15) is 0 Å².